The van der Waals surface area contributed by atoms with Crippen molar-refractivity contribution in [2.24, 2.45) is 0 Å². The summed E-state index contributed by atoms with van der Waals surface area (Å²) in [6.45, 7) is 6.83. The molecule has 0 aliphatic heterocycles. The van der Waals surface area contributed by atoms with Gasteiger partial charge in [-0.25, -0.2) is 0 Å². The van der Waals surface area contributed by atoms with E-state index in [-0.39, 0.29) is 5.41 Å². The highest BCUT2D eigenvalue weighted by Crippen LogP contribution is 2.45. The van der Waals surface area contributed by atoms with Crippen molar-refractivity contribution >= 4 is 33.2 Å². The predicted octanol–water partition coefficient (Wildman–Crippen LogP) is 12.2. The lowest BCUT2D eigenvalue weighted by Gasteiger charge is -2.22. The molecule has 0 atom stereocenters. The van der Waals surface area contributed by atoms with Crippen molar-refractivity contribution in [3.05, 3.63) is 162 Å². The van der Waals surface area contributed by atoms with E-state index in [4.69, 9.17) is 0 Å². The lowest BCUT2D eigenvalue weighted by Crippen LogP contribution is -2.10. The van der Waals surface area contributed by atoms with E-state index < -0.39 is 0 Å². The second-order valence-electron chi connectivity index (χ2n) is 13.5. The maximum atomic E-state index is 4.51. The first-order valence-electron chi connectivity index (χ1n) is 16.3. The lowest BCUT2D eigenvalue weighted by molar-refractivity contribution is 0.590. The minimum absolute atomic E-state index is 0.125. The fraction of sp³-hybridized carbons (Fsp3) is 0.133. The van der Waals surface area contributed by atoms with E-state index in [2.05, 4.69) is 153 Å². The largest absolute Gasteiger partial charge is 0.256 e. The topological polar surface area (TPSA) is 12.9 Å². The van der Waals surface area contributed by atoms with Gasteiger partial charge in [0.15, 0.2) is 0 Å². The molecule has 1 heterocycles. The molecule has 0 N–H and O–H groups in total. The number of pyridine rings is 1. The highest BCUT2D eigenvalue weighted by atomic mass is 14.7. The Balaban J connectivity index is 1.21. The normalized spacial score (nSPS) is 13.1. The van der Waals surface area contributed by atoms with Crippen LogP contribution < -0.4 is 0 Å². The number of rotatable bonds is 4. The fourth-order valence-corrected chi connectivity index (χ4v) is 7.15. The summed E-state index contributed by atoms with van der Waals surface area (Å²) < 4.78 is 0. The van der Waals surface area contributed by atoms with Gasteiger partial charge in [0.25, 0.3) is 0 Å². The first kappa shape index (κ1) is 28.2. The maximum Gasteiger partial charge on any atom is 0.0701 e. The Morgan fingerprint density at radius 3 is 1.63 bits per heavy atom. The van der Waals surface area contributed by atoms with Crippen LogP contribution in [0.1, 0.15) is 49.4 Å². The molecule has 1 heteroatoms. The van der Waals surface area contributed by atoms with Crippen LogP contribution in [0, 0.1) is 0 Å². The van der Waals surface area contributed by atoms with Gasteiger partial charge in [-0.1, -0.05) is 148 Å². The highest BCUT2D eigenvalue weighted by Gasteiger charge is 2.20. The first-order valence-corrected chi connectivity index (χ1v) is 16.3. The quantitative estimate of drug-likeness (QED) is 0.186. The highest BCUT2D eigenvalue weighted by molar-refractivity contribution is 6.21. The summed E-state index contributed by atoms with van der Waals surface area (Å²) in [5, 5.41) is 5.20. The molecule has 1 aliphatic carbocycles. The van der Waals surface area contributed by atoms with Gasteiger partial charge in [0.2, 0.25) is 0 Å². The van der Waals surface area contributed by atoms with Gasteiger partial charge in [-0.05, 0) is 102 Å². The summed E-state index contributed by atoms with van der Waals surface area (Å²) in [6, 6.07) is 49.1. The van der Waals surface area contributed by atoms with E-state index in [1.165, 1.54) is 71.6 Å². The number of aromatic nitrogens is 1. The molecule has 0 bridgehead atoms. The SMILES string of the molecule is CC(C)(C)c1ccc(-c2c3ccccc3c(-c3ccc4c(c3)CCC(c3ccc(-c5ccccn5)cc3)=C4)c3ccccc23)cc1. The van der Waals surface area contributed by atoms with Crippen LogP contribution in [0.25, 0.3) is 66.7 Å². The molecular formula is C45H37N. The number of hydrogen-bond acceptors (Lipinski definition) is 1. The molecule has 46 heavy (non-hydrogen) atoms. The molecule has 8 rings (SSSR count). The molecule has 0 saturated heterocycles. The second-order valence-corrected chi connectivity index (χ2v) is 13.5. The van der Waals surface area contributed by atoms with Crippen molar-refractivity contribution in [1.29, 1.82) is 0 Å². The number of fused-ring (bicyclic) bond motifs is 3. The molecule has 6 aromatic carbocycles. The molecule has 0 unspecified atom stereocenters. The van der Waals surface area contributed by atoms with Gasteiger partial charge in [0.05, 0.1) is 5.69 Å². The van der Waals surface area contributed by atoms with Crippen molar-refractivity contribution < 1.29 is 0 Å². The summed E-state index contributed by atoms with van der Waals surface area (Å²) in [6.07, 6.45) is 6.30. The third-order valence-corrected chi connectivity index (χ3v) is 9.61. The molecule has 1 nitrogen and oxygen atoms in total. The fourth-order valence-electron chi connectivity index (χ4n) is 7.15. The lowest BCUT2D eigenvalue weighted by atomic mass is 9.82. The van der Waals surface area contributed by atoms with Gasteiger partial charge in [0, 0.05) is 11.8 Å². The zero-order chi connectivity index (χ0) is 31.3. The smallest absolute Gasteiger partial charge is 0.0701 e. The molecule has 222 valence electrons. The number of hydrogen-bond donors (Lipinski definition) is 0. The molecular weight excluding hydrogens is 555 g/mol. The van der Waals surface area contributed by atoms with Gasteiger partial charge >= 0.3 is 0 Å². The second kappa shape index (κ2) is 11.3. The predicted molar refractivity (Wildman–Crippen MR) is 197 cm³/mol. The Bertz CT molecular complexity index is 2190. The molecule has 0 saturated carbocycles. The molecule has 7 aromatic rings. The minimum atomic E-state index is 0.125. The van der Waals surface area contributed by atoms with Crippen LogP contribution in [0.15, 0.2) is 140 Å². The Kier molecular flexibility index (Phi) is 6.91. The van der Waals surface area contributed by atoms with Gasteiger partial charge < -0.3 is 0 Å². The van der Waals surface area contributed by atoms with Gasteiger partial charge in [-0.2, -0.15) is 0 Å². The van der Waals surface area contributed by atoms with Crippen LogP contribution in [-0.4, -0.2) is 4.98 Å². The molecule has 1 aliphatic rings. The Labute approximate surface area is 271 Å². The summed E-state index contributed by atoms with van der Waals surface area (Å²) in [4.78, 5) is 4.51. The monoisotopic (exact) mass is 591 g/mol. The van der Waals surface area contributed by atoms with Gasteiger partial charge in [-0.3, -0.25) is 4.98 Å². The van der Waals surface area contributed by atoms with Crippen molar-refractivity contribution in [2.45, 2.75) is 39.0 Å². The van der Waals surface area contributed by atoms with Gasteiger partial charge in [0.1, 0.15) is 0 Å². The average molecular weight is 592 g/mol. The van der Waals surface area contributed by atoms with E-state index >= 15 is 0 Å². The third kappa shape index (κ3) is 5.03. The van der Waals surface area contributed by atoms with Crippen LogP contribution in [0.3, 0.4) is 0 Å². The van der Waals surface area contributed by atoms with Crippen molar-refractivity contribution in [3.63, 3.8) is 0 Å². The van der Waals surface area contributed by atoms with E-state index in [1.807, 2.05) is 18.3 Å². The summed E-state index contributed by atoms with van der Waals surface area (Å²) in [5.41, 5.74) is 14.3. The van der Waals surface area contributed by atoms with Crippen LogP contribution in [-0.2, 0) is 11.8 Å². The minimum Gasteiger partial charge on any atom is -0.256 e. The summed E-state index contributed by atoms with van der Waals surface area (Å²) in [7, 11) is 0. The van der Waals surface area contributed by atoms with E-state index in [1.54, 1.807) is 0 Å². The van der Waals surface area contributed by atoms with Crippen LogP contribution >= 0.6 is 0 Å². The Morgan fingerprint density at radius 1 is 0.500 bits per heavy atom. The average Bonchev–Trinajstić information content (AvgIpc) is 3.10. The number of nitrogens with zero attached hydrogens (tertiary/aromatic N) is 1. The van der Waals surface area contributed by atoms with E-state index in [0.29, 0.717) is 0 Å². The molecule has 0 spiro atoms. The Morgan fingerprint density at radius 2 is 1.04 bits per heavy atom. The number of benzene rings is 6. The molecule has 1 aromatic heterocycles. The molecule has 0 amide bonds. The summed E-state index contributed by atoms with van der Waals surface area (Å²) in [5.74, 6) is 0. The van der Waals surface area contributed by atoms with Crippen LogP contribution in [0.5, 0.6) is 0 Å². The van der Waals surface area contributed by atoms with Crippen LogP contribution in [0.4, 0.5) is 0 Å². The number of aryl methyl sites for hydroxylation is 1. The van der Waals surface area contributed by atoms with Crippen molar-refractivity contribution in [2.75, 3.05) is 0 Å². The van der Waals surface area contributed by atoms with Crippen molar-refractivity contribution in [1.82, 2.24) is 4.98 Å². The standard InChI is InChI=1S/C45H37N/c1-45(2,3)37-25-23-32(24-26-37)43-38-10-4-6-12-40(38)44(41-13-7-5-11-39(41)43)36-22-21-34-28-33(19-20-35(34)29-36)30-15-17-31(18-16-30)42-14-8-9-27-46-42/h4-18,21-29H,19-20H2,1-3H3. The van der Waals surface area contributed by atoms with Gasteiger partial charge in [-0.15, -0.1) is 0 Å². The van der Waals surface area contributed by atoms with Crippen molar-refractivity contribution in [3.8, 4) is 33.5 Å². The van der Waals surface area contributed by atoms with Crippen LogP contribution in [0.2, 0.25) is 0 Å². The maximum absolute atomic E-state index is 4.51. The van der Waals surface area contributed by atoms with E-state index in [0.717, 1.165) is 24.1 Å². The zero-order valence-corrected chi connectivity index (χ0v) is 26.7. The third-order valence-electron chi connectivity index (χ3n) is 9.61. The number of allylic oxidation sites excluding steroid dienone is 1. The molecule has 0 radical (unpaired) electrons. The zero-order valence-electron chi connectivity index (χ0n) is 26.7. The van der Waals surface area contributed by atoms with E-state index in [9.17, 15) is 0 Å². The summed E-state index contributed by atoms with van der Waals surface area (Å²) >= 11 is 0. The first-order chi connectivity index (χ1) is 22.4. The molecule has 0 fully saturated rings. The Hall–Kier alpha value is -5.27.